The number of nitrogens with zero attached hydrogens (tertiary/aromatic N) is 3. The second kappa shape index (κ2) is 8.92. The second-order valence-corrected chi connectivity index (χ2v) is 9.85. The zero-order chi connectivity index (χ0) is 21.1. The van der Waals surface area contributed by atoms with Gasteiger partial charge in [-0.05, 0) is 64.9 Å². The third-order valence-electron chi connectivity index (χ3n) is 5.76. The molecule has 1 aromatic carbocycles. The summed E-state index contributed by atoms with van der Waals surface area (Å²) in [5.74, 6) is 0.901. The molecule has 162 valence electrons. The van der Waals surface area contributed by atoms with Gasteiger partial charge >= 0.3 is 6.09 Å². The van der Waals surface area contributed by atoms with Crippen molar-refractivity contribution in [3.63, 3.8) is 0 Å². The van der Waals surface area contributed by atoms with Crippen LogP contribution in [0.5, 0.6) is 5.75 Å². The van der Waals surface area contributed by atoms with E-state index >= 15 is 0 Å². The average molecular weight is 404 g/mol. The molecule has 2 fully saturated rings. The molecule has 29 heavy (non-hydrogen) atoms. The van der Waals surface area contributed by atoms with Gasteiger partial charge in [0.1, 0.15) is 18.0 Å². The Morgan fingerprint density at radius 2 is 2.00 bits per heavy atom. The molecule has 1 spiro atoms. The number of amides is 1. The standard InChI is InChI=1S/C23H37N3O3/c1-22(2,3)29-21(27)25(5)11-9-19-7-6-8-20(15-19)28-14-13-26-17-23(18-26)10-12-24(4)16-23/h6-8,15H,9-14,16-18H2,1-5H3. The van der Waals surface area contributed by atoms with Crippen LogP contribution in [-0.4, -0.2) is 86.4 Å². The lowest BCUT2D eigenvalue weighted by molar-refractivity contribution is 0.00217. The summed E-state index contributed by atoms with van der Waals surface area (Å²) < 4.78 is 11.4. The highest BCUT2D eigenvalue weighted by Crippen LogP contribution is 2.38. The first-order valence-electron chi connectivity index (χ1n) is 10.7. The molecular formula is C23H37N3O3. The number of carbonyl (C=O) groups is 1. The van der Waals surface area contributed by atoms with E-state index in [0.29, 0.717) is 18.6 Å². The molecule has 0 saturated carbocycles. The van der Waals surface area contributed by atoms with Gasteiger partial charge in [0.05, 0.1) is 0 Å². The summed E-state index contributed by atoms with van der Waals surface area (Å²) >= 11 is 0. The Morgan fingerprint density at radius 3 is 2.66 bits per heavy atom. The monoisotopic (exact) mass is 403 g/mol. The van der Waals surface area contributed by atoms with E-state index in [1.807, 2.05) is 32.9 Å². The summed E-state index contributed by atoms with van der Waals surface area (Å²) in [4.78, 5) is 18.6. The number of carbonyl (C=O) groups excluding carboxylic acids is 1. The molecule has 3 rings (SSSR count). The lowest BCUT2D eigenvalue weighted by atomic mass is 9.79. The molecule has 2 heterocycles. The molecule has 6 heteroatoms. The molecule has 1 aromatic rings. The van der Waals surface area contributed by atoms with Gasteiger partial charge in [0, 0.05) is 45.2 Å². The zero-order valence-corrected chi connectivity index (χ0v) is 18.7. The van der Waals surface area contributed by atoms with E-state index in [1.54, 1.807) is 11.9 Å². The van der Waals surface area contributed by atoms with Crippen molar-refractivity contribution < 1.29 is 14.3 Å². The molecule has 2 saturated heterocycles. The normalized spacial score (nSPS) is 19.2. The van der Waals surface area contributed by atoms with Gasteiger partial charge in [0.25, 0.3) is 0 Å². The Kier molecular flexibility index (Phi) is 6.74. The summed E-state index contributed by atoms with van der Waals surface area (Å²) in [6.07, 6.45) is 1.82. The third kappa shape index (κ3) is 6.34. The van der Waals surface area contributed by atoms with Crippen molar-refractivity contribution in [3.8, 4) is 5.75 Å². The van der Waals surface area contributed by atoms with Crippen molar-refractivity contribution in [2.24, 2.45) is 5.41 Å². The van der Waals surface area contributed by atoms with Crippen molar-refractivity contribution in [1.29, 1.82) is 0 Å². The number of likely N-dealkylation sites (N-methyl/N-ethyl adjacent to an activating group) is 1. The molecular weight excluding hydrogens is 366 g/mol. The lowest BCUT2D eigenvalue weighted by Crippen LogP contribution is -2.58. The van der Waals surface area contributed by atoms with Gasteiger partial charge < -0.3 is 19.3 Å². The van der Waals surface area contributed by atoms with Crippen LogP contribution in [0.1, 0.15) is 32.8 Å². The van der Waals surface area contributed by atoms with E-state index in [9.17, 15) is 4.79 Å². The van der Waals surface area contributed by atoms with Crippen molar-refractivity contribution in [2.75, 3.05) is 60.0 Å². The first kappa shape index (κ1) is 21.9. The molecule has 0 aliphatic carbocycles. The zero-order valence-electron chi connectivity index (χ0n) is 18.7. The van der Waals surface area contributed by atoms with Crippen LogP contribution >= 0.6 is 0 Å². The fraction of sp³-hybridized carbons (Fsp3) is 0.696. The Morgan fingerprint density at radius 1 is 1.24 bits per heavy atom. The molecule has 1 amide bonds. The quantitative estimate of drug-likeness (QED) is 0.700. The summed E-state index contributed by atoms with van der Waals surface area (Å²) in [5.41, 5.74) is 1.24. The van der Waals surface area contributed by atoms with Crippen LogP contribution < -0.4 is 4.74 Å². The highest BCUT2D eigenvalue weighted by atomic mass is 16.6. The first-order valence-corrected chi connectivity index (χ1v) is 10.7. The van der Waals surface area contributed by atoms with Crippen LogP contribution in [0.15, 0.2) is 24.3 Å². The molecule has 2 aliphatic rings. The maximum Gasteiger partial charge on any atom is 0.410 e. The minimum absolute atomic E-state index is 0.286. The van der Waals surface area contributed by atoms with Crippen LogP contribution in [0.2, 0.25) is 0 Å². The van der Waals surface area contributed by atoms with Crippen LogP contribution in [0, 0.1) is 5.41 Å². The minimum Gasteiger partial charge on any atom is -0.492 e. The topological polar surface area (TPSA) is 45.2 Å². The number of likely N-dealkylation sites (tertiary alicyclic amines) is 2. The van der Waals surface area contributed by atoms with E-state index < -0.39 is 5.60 Å². The predicted molar refractivity (Wildman–Crippen MR) is 115 cm³/mol. The van der Waals surface area contributed by atoms with Gasteiger partial charge in [-0.3, -0.25) is 4.90 Å². The lowest BCUT2D eigenvalue weighted by Gasteiger charge is -2.48. The molecule has 2 aliphatic heterocycles. The van der Waals surface area contributed by atoms with Crippen molar-refractivity contribution >= 4 is 6.09 Å². The smallest absolute Gasteiger partial charge is 0.410 e. The molecule has 0 atom stereocenters. The Hall–Kier alpha value is -1.79. The number of hydrogen-bond donors (Lipinski definition) is 0. The molecule has 0 aromatic heterocycles. The first-order chi connectivity index (χ1) is 13.6. The Balaban J connectivity index is 1.37. The van der Waals surface area contributed by atoms with E-state index in [4.69, 9.17) is 9.47 Å². The van der Waals surface area contributed by atoms with Crippen LogP contribution in [-0.2, 0) is 11.2 Å². The Labute approximate surface area is 175 Å². The second-order valence-electron chi connectivity index (χ2n) is 9.85. The van der Waals surface area contributed by atoms with Crippen molar-refractivity contribution in [3.05, 3.63) is 29.8 Å². The maximum atomic E-state index is 12.1. The van der Waals surface area contributed by atoms with Crippen LogP contribution in [0.3, 0.4) is 0 Å². The highest BCUT2D eigenvalue weighted by molar-refractivity contribution is 5.67. The predicted octanol–water partition coefficient (Wildman–Crippen LogP) is 3.11. The van der Waals surface area contributed by atoms with Crippen molar-refractivity contribution in [2.45, 2.75) is 39.2 Å². The van der Waals surface area contributed by atoms with Gasteiger partial charge in [-0.15, -0.1) is 0 Å². The minimum atomic E-state index is -0.469. The van der Waals surface area contributed by atoms with E-state index in [-0.39, 0.29) is 6.09 Å². The highest BCUT2D eigenvalue weighted by Gasteiger charge is 2.46. The fourth-order valence-corrected chi connectivity index (χ4v) is 4.29. The van der Waals surface area contributed by atoms with Crippen LogP contribution in [0.4, 0.5) is 4.79 Å². The molecule has 0 bridgehead atoms. The molecule has 0 unspecified atom stereocenters. The summed E-state index contributed by atoms with van der Waals surface area (Å²) in [7, 11) is 4.00. The van der Waals surface area contributed by atoms with Gasteiger partial charge in [-0.1, -0.05) is 12.1 Å². The van der Waals surface area contributed by atoms with E-state index in [2.05, 4.69) is 29.0 Å². The summed E-state index contributed by atoms with van der Waals surface area (Å²) in [6.45, 7) is 12.8. The summed E-state index contributed by atoms with van der Waals surface area (Å²) in [5, 5.41) is 0. The summed E-state index contributed by atoms with van der Waals surface area (Å²) in [6, 6.07) is 8.17. The van der Waals surface area contributed by atoms with Crippen LogP contribution in [0.25, 0.3) is 0 Å². The van der Waals surface area contributed by atoms with Gasteiger partial charge in [-0.25, -0.2) is 4.79 Å². The van der Waals surface area contributed by atoms with E-state index in [1.165, 1.54) is 32.6 Å². The van der Waals surface area contributed by atoms with Gasteiger partial charge in [-0.2, -0.15) is 0 Å². The number of rotatable bonds is 7. The number of ether oxygens (including phenoxy) is 2. The van der Waals surface area contributed by atoms with Gasteiger partial charge in [0.2, 0.25) is 0 Å². The third-order valence-corrected chi connectivity index (χ3v) is 5.76. The average Bonchev–Trinajstić information content (AvgIpc) is 3.00. The largest absolute Gasteiger partial charge is 0.492 e. The number of hydrogen-bond acceptors (Lipinski definition) is 5. The van der Waals surface area contributed by atoms with E-state index in [0.717, 1.165) is 24.3 Å². The number of benzene rings is 1. The Bertz CT molecular complexity index is 695. The fourth-order valence-electron chi connectivity index (χ4n) is 4.29. The maximum absolute atomic E-state index is 12.1. The molecule has 6 nitrogen and oxygen atoms in total. The van der Waals surface area contributed by atoms with Crippen molar-refractivity contribution in [1.82, 2.24) is 14.7 Å². The molecule has 0 radical (unpaired) electrons. The SMILES string of the molecule is CN1CCC2(C1)CN(CCOc1cccc(CCN(C)C(=O)OC(C)(C)C)c1)C2. The van der Waals surface area contributed by atoms with Gasteiger partial charge in [0.15, 0.2) is 0 Å². The molecule has 0 N–H and O–H groups in total.